The number of nitrogens with one attached hydrogen (secondary N) is 1. The number of alkyl halides is 3. The number of rotatable bonds is 5. The van der Waals surface area contributed by atoms with E-state index in [9.17, 15) is 13.2 Å². The van der Waals surface area contributed by atoms with Gasteiger partial charge in [-0.25, -0.2) is 4.98 Å². The molecule has 0 aliphatic heterocycles. The Morgan fingerprint density at radius 1 is 1.33 bits per heavy atom. The van der Waals surface area contributed by atoms with Crippen molar-refractivity contribution >= 4 is 5.82 Å². The molecule has 15 heavy (non-hydrogen) atoms. The van der Waals surface area contributed by atoms with Crippen molar-refractivity contribution in [3.63, 3.8) is 0 Å². The van der Waals surface area contributed by atoms with Crippen molar-refractivity contribution in [2.24, 2.45) is 0 Å². The van der Waals surface area contributed by atoms with Gasteiger partial charge in [0.05, 0.1) is 12.8 Å². The lowest BCUT2D eigenvalue weighted by Gasteiger charge is -2.08. The average Bonchev–Trinajstić information content (AvgIpc) is 2.17. The molecule has 1 heterocycles. The highest BCUT2D eigenvalue weighted by Crippen LogP contribution is 2.14. The molecule has 0 aromatic carbocycles. The highest BCUT2D eigenvalue weighted by Gasteiger charge is 2.27. The van der Waals surface area contributed by atoms with E-state index in [-0.39, 0.29) is 13.2 Å². The lowest BCUT2D eigenvalue weighted by atomic mass is 10.6. The lowest BCUT2D eigenvalue weighted by molar-refractivity contribution is -0.172. The molecule has 0 aliphatic rings. The highest BCUT2D eigenvalue weighted by molar-refractivity contribution is 5.29. The molecule has 0 atom stereocenters. The van der Waals surface area contributed by atoms with Crippen LogP contribution in [0.2, 0.25) is 0 Å². The molecule has 84 valence electrons. The predicted molar refractivity (Wildman–Crippen MR) is 47.4 cm³/mol. The number of anilines is 1. The Bertz CT molecular complexity index is 278. The molecule has 7 heteroatoms. The average molecular weight is 221 g/mol. The van der Waals surface area contributed by atoms with Crippen molar-refractivity contribution in [2.45, 2.75) is 6.18 Å². The molecule has 0 aliphatic carbocycles. The first-order valence-corrected chi connectivity index (χ1v) is 4.22. The van der Waals surface area contributed by atoms with Crippen LogP contribution in [0.15, 0.2) is 18.6 Å². The van der Waals surface area contributed by atoms with Gasteiger partial charge in [-0.3, -0.25) is 4.98 Å². The van der Waals surface area contributed by atoms with E-state index in [2.05, 4.69) is 20.0 Å². The number of hydrogen-bond acceptors (Lipinski definition) is 4. The minimum atomic E-state index is -4.27. The Hall–Kier alpha value is -1.37. The van der Waals surface area contributed by atoms with Gasteiger partial charge in [0.1, 0.15) is 12.4 Å². The van der Waals surface area contributed by atoms with Crippen LogP contribution >= 0.6 is 0 Å². The van der Waals surface area contributed by atoms with Crippen LogP contribution in [0.25, 0.3) is 0 Å². The number of halogens is 3. The summed E-state index contributed by atoms with van der Waals surface area (Å²) in [7, 11) is 0. The molecular weight excluding hydrogens is 211 g/mol. The fourth-order valence-corrected chi connectivity index (χ4v) is 0.830. The first-order valence-electron chi connectivity index (χ1n) is 4.22. The van der Waals surface area contributed by atoms with Gasteiger partial charge in [0.25, 0.3) is 0 Å². The van der Waals surface area contributed by atoms with E-state index in [1.54, 1.807) is 0 Å². The summed E-state index contributed by atoms with van der Waals surface area (Å²) in [6.07, 6.45) is 0.195. The molecule has 0 spiro atoms. The Kier molecular flexibility index (Phi) is 4.29. The molecule has 1 rings (SSSR count). The first kappa shape index (κ1) is 11.7. The minimum Gasteiger partial charge on any atom is -0.370 e. The van der Waals surface area contributed by atoms with Crippen LogP contribution in [0.4, 0.5) is 19.0 Å². The largest absolute Gasteiger partial charge is 0.411 e. The summed E-state index contributed by atoms with van der Waals surface area (Å²) in [6.45, 7) is -1.000. The van der Waals surface area contributed by atoms with Crippen molar-refractivity contribution in [3.8, 4) is 0 Å². The smallest absolute Gasteiger partial charge is 0.370 e. The van der Waals surface area contributed by atoms with Crippen molar-refractivity contribution in [1.29, 1.82) is 0 Å². The van der Waals surface area contributed by atoms with Gasteiger partial charge in [0.2, 0.25) is 0 Å². The second kappa shape index (κ2) is 5.50. The molecule has 0 bridgehead atoms. The fraction of sp³-hybridized carbons (Fsp3) is 0.500. The maximum Gasteiger partial charge on any atom is 0.411 e. The molecule has 0 radical (unpaired) electrons. The van der Waals surface area contributed by atoms with E-state index >= 15 is 0 Å². The van der Waals surface area contributed by atoms with Crippen molar-refractivity contribution in [3.05, 3.63) is 18.6 Å². The molecule has 4 nitrogen and oxygen atoms in total. The van der Waals surface area contributed by atoms with E-state index in [4.69, 9.17) is 0 Å². The van der Waals surface area contributed by atoms with Crippen LogP contribution < -0.4 is 5.32 Å². The monoisotopic (exact) mass is 221 g/mol. The molecule has 0 unspecified atom stereocenters. The number of nitrogens with zero attached hydrogens (tertiary/aromatic N) is 2. The molecule has 1 aromatic heterocycles. The van der Waals surface area contributed by atoms with Gasteiger partial charge in [0.15, 0.2) is 0 Å². The molecular formula is C8H10F3N3O. The third kappa shape index (κ3) is 5.84. The highest BCUT2D eigenvalue weighted by atomic mass is 19.4. The van der Waals surface area contributed by atoms with Crippen molar-refractivity contribution in [2.75, 3.05) is 25.1 Å². The van der Waals surface area contributed by atoms with Gasteiger partial charge in [-0.1, -0.05) is 0 Å². The van der Waals surface area contributed by atoms with E-state index in [1.807, 2.05) is 0 Å². The van der Waals surface area contributed by atoms with E-state index in [0.29, 0.717) is 5.82 Å². The zero-order chi connectivity index (χ0) is 11.1. The Morgan fingerprint density at radius 2 is 2.13 bits per heavy atom. The topological polar surface area (TPSA) is 47.0 Å². The zero-order valence-corrected chi connectivity index (χ0v) is 7.79. The van der Waals surface area contributed by atoms with Crippen LogP contribution in [0, 0.1) is 0 Å². The van der Waals surface area contributed by atoms with Crippen LogP contribution in [0.5, 0.6) is 0 Å². The molecule has 1 N–H and O–H groups in total. The van der Waals surface area contributed by atoms with E-state index in [0.717, 1.165) is 0 Å². The molecule has 0 fully saturated rings. The number of hydrogen-bond donors (Lipinski definition) is 1. The minimum absolute atomic E-state index is 0.0317. The molecule has 0 saturated carbocycles. The molecule has 0 amide bonds. The number of aromatic nitrogens is 2. The van der Waals surface area contributed by atoms with Gasteiger partial charge < -0.3 is 10.1 Å². The summed E-state index contributed by atoms with van der Waals surface area (Å²) >= 11 is 0. The Labute approximate surface area is 84.5 Å². The standard InChI is InChI=1S/C8H10F3N3O/c9-8(10,11)6-15-4-3-14-7-5-12-1-2-13-7/h1-2,5H,3-4,6H2,(H,13,14). The van der Waals surface area contributed by atoms with Gasteiger partial charge in [-0.05, 0) is 0 Å². The SMILES string of the molecule is FC(F)(F)COCCNc1cnccn1. The van der Waals surface area contributed by atoms with Crippen LogP contribution in [0.3, 0.4) is 0 Å². The quantitative estimate of drug-likeness (QED) is 0.765. The summed E-state index contributed by atoms with van der Waals surface area (Å²) in [5.74, 6) is 0.508. The van der Waals surface area contributed by atoms with Gasteiger partial charge >= 0.3 is 6.18 Å². The molecule has 0 saturated heterocycles. The normalized spacial score (nSPS) is 11.4. The van der Waals surface area contributed by atoms with Gasteiger partial charge in [0, 0.05) is 18.9 Å². The van der Waals surface area contributed by atoms with Crippen LogP contribution in [-0.4, -0.2) is 35.9 Å². The second-order valence-electron chi connectivity index (χ2n) is 2.69. The maximum atomic E-state index is 11.6. The van der Waals surface area contributed by atoms with Crippen LogP contribution in [0.1, 0.15) is 0 Å². The Balaban J connectivity index is 2.08. The summed E-state index contributed by atoms with van der Waals surface area (Å²) in [4.78, 5) is 7.65. The fourth-order valence-electron chi connectivity index (χ4n) is 0.830. The third-order valence-corrected chi connectivity index (χ3v) is 1.38. The summed E-state index contributed by atoms with van der Waals surface area (Å²) in [6, 6.07) is 0. The van der Waals surface area contributed by atoms with E-state index in [1.165, 1.54) is 18.6 Å². The van der Waals surface area contributed by atoms with Crippen molar-refractivity contribution < 1.29 is 17.9 Å². The van der Waals surface area contributed by atoms with E-state index < -0.39 is 12.8 Å². The van der Waals surface area contributed by atoms with Crippen molar-refractivity contribution in [1.82, 2.24) is 9.97 Å². The number of ether oxygens (including phenoxy) is 1. The summed E-state index contributed by atoms with van der Waals surface area (Å²) in [5.41, 5.74) is 0. The zero-order valence-electron chi connectivity index (χ0n) is 7.79. The van der Waals surface area contributed by atoms with Crippen LogP contribution in [-0.2, 0) is 4.74 Å². The van der Waals surface area contributed by atoms with Gasteiger partial charge in [-0.2, -0.15) is 13.2 Å². The Morgan fingerprint density at radius 3 is 2.73 bits per heavy atom. The first-order chi connectivity index (χ1) is 7.08. The maximum absolute atomic E-state index is 11.6. The molecule has 1 aromatic rings. The summed E-state index contributed by atoms with van der Waals surface area (Å²) in [5, 5.41) is 2.76. The summed E-state index contributed by atoms with van der Waals surface area (Å²) < 4.78 is 39.3. The van der Waals surface area contributed by atoms with Gasteiger partial charge in [-0.15, -0.1) is 0 Å². The third-order valence-electron chi connectivity index (χ3n) is 1.38. The second-order valence-corrected chi connectivity index (χ2v) is 2.69. The lowest BCUT2D eigenvalue weighted by Crippen LogP contribution is -2.20. The predicted octanol–water partition coefficient (Wildman–Crippen LogP) is 1.47.